The third-order valence-corrected chi connectivity index (χ3v) is 3.64. The molecule has 6 heteroatoms. The molecule has 0 aliphatic carbocycles. The van der Waals surface area contributed by atoms with Crippen LogP contribution >= 0.6 is 0 Å². The number of carboxylic acid groups (broad SMARTS) is 1. The number of nitrogens with one attached hydrogen (secondary N) is 1. The number of carboxylic acids is 1. The van der Waals surface area contributed by atoms with Gasteiger partial charge in [-0.15, -0.1) is 0 Å². The average molecular weight is 298 g/mol. The van der Waals surface area contributed by atoms with Gasteiger partial charge in [-0.3, -0.25) is 9.59 Å². The fraction of sp³-hybridized carbons (Fsp3) is 0.800. The van der Waals surface area contributed by atoms with Gasteiger partial charge < -0.3 is 15.3 Å². The van der Waals surface area contributed by atoms with E-state index >= 15 is 0 Å². The highest BCUT2D eigenvalue weighted by Crippen LogP contribution is 2.20. The van der Waals surface area contributed by atoms with Gasteiger partial charge in [-0.2, -0.15) is 0 Å². The summed E-state index contributed by atoms with van der Waals surface area (Å²) in [7, 11) is 0. The van der Waals surface area contributed by atoms with Crippen molar-refractivity contribution in [1.82, 2.24) is 10.2 Å². The van der Waals surface area contributed by atoms with Crippen LogP contribution in [0.3, 0.4) is 0 Å². The predicted octanol–water partition coefficient (Wildman–Crippen LogP) is 1.39. The first-order valence-electron chi connectivity index (χ1n) is 7.69. The number of amides is 2. The van der Waals surface area contributed by atoms with Crippen LogP contribution in [0.25, 0.3) is 0 Å². The van der Waals surface area contributed by atoms with Crippen LogP contribution in [0.5, 0.6) is 0 Å². The molecule has 0 unspecified atom stereocenters. The molecule has 0 aromatic heterocycles. The maximum Gasteiger partial charge on any atom is 0.326 e. The van der Waals surface area contributed by atoms with Gasteiger partial charge in [0.2, 0.25) is 11.8 Å². The van der Waals surface area contributed by atoms with Crippen molar-refractivity contribution >= 4 is 17.8 Å². The lowest BCUT2D eigenvalue weighted by Crippen LogP contribution is -2.52. The van der Waals surface area contributed by atoms with Crippen LogP contribution in [0.4, 0.5) is 0 Å². The number of hydrogen-bond donors (Lipinski definition) is 2. The first-order chi connectivity index (χ1) is 9.86. The van der Waals surface area contributed by atoms with E-state index in [1.165, 1.54) is 4.90 Å². The van der Waals surface area contributed by atoms with Gasteiger partial charge in [0, 0.05) is 13.0 Å². The summed E-state index contributed by atoms with van der Waals surface area (Å²) < 4.78 is 0. The van der Waals surface area contributed by atoms with E-state index in [1.54, 1.807) is 0 Å². The number of likely N-dealkylation sites (tertiary alicyclic amines) is 1. The Kier molecular flexibility index (Phi) is 6.65. The molecule has 2 atom stereocenters. The molecule has 1 fully saturated rings. The van der Waals surface area contributed by atoms with Crippen molar-refractivity contribution < 1.29 is 19.5 Å². The van der Waals surface area contributed by atoms with Gasteiger partial charge in [0.1, 0.15) is 12.1 Å². The summed E-state index contributed by atoms with van der Waals surface area (Å²) in [5.41, 5.74) is 0. The topological polar surface area (TPSA) is 86.7 Å². The Balaban J connectivity index is 2.79. The summed E-state index contributed by atoms with van der Waals surface area (Å²) >= 11 is 0. The predicted molar refractivity (Wildman–Crippen MR) is 78.7 cm³/mol. The minimum atomic E-state index is -0.968. The number of rotatable bonds is 7. The van der Waals surface area contributed by atoms with Crippen LogP contribution in [0.2, 0.25) is 0 Å². The smallest absolute Gasteiger partial charge is 0.326 e. The summed E-state index contributed by atoms with van der Waals surface area (Å²) in [6.45, 7) is 6.31. The minimum Gasteiger partial charge on any atom is -0.480 e. The summed E-state index contributed by atoms with van der Waals surface area (Å²) in [6, 6.07) is -1.38. The van der Waals surface area contributed by atoms with Crippen molar-refractivity contribution in [3.05, 3.63) is 0 Å². The van der Waals surface area contributed by atoms with Gasteiger partial charge in [0.15, 0.2) is 0 Å². The van der Waals surface area contributed by atoms with Crippen molar-refractivity contribution in [1.29, 1.82) is 0 Å². The molecule has 0 saturated carbocycles. The molecule has 1 saturated heterocycles. The molecule has 2 N–H and O–H groups in total. The summed E-state index contributed by atoms with van der Waals surface area (Å²) in [5, 5.41) is 11.9. The van der Waals surface area contributed by atoms with E-state index in [0.29, 0.717) is 32.2 Å². The highest BCUT2D eigenvalue weighted by atomic mass is 16.4. The zero-order valence-corrected chi connectivity index (χ0v) is 13.1. The maximum absolute atomic E-state index is 12.6. The lowest BCUT2D eigenvalue weighted by molar-refractivity contribution is -0.149. The molecule has 0 spiro atoms. The summed E-state index contributed by atoms with van der Waals surface area (Å²) in [5.74, 6) is -1.14. The fourth-order valence-electron chi connectivity index (χ4n) is 2.67. The Hall–Kier alpha value is -1.59. The first-order valence-corrected chi connectivity index (χ1v) is 7.69. The van der Waals surface area contributed by atoms with Crippen LogP contribution in [0.15, 0.2) is 0 Å². The first kappa shape index (κ1) is 17.5. The van der Waals surface area contributed by atoms with Gasteiger partial charge in [-0.25, -0.2) is 4.79 Å². The molecular weight excluding hydrogens is 272 g/mol. The molecule has 1 aliphatic heterocycles. The monoisotopic (exact) mass is 298 g/mol. The quantitative estimate of drug-likeness (QED) is 0.743. The zero-order chi connectivity index (χ0) is 16.0. The molecular formula is C15H26N2O4. The number of carbonyl (C=O) groups excluding carboxylic acids is 2. The van der Waals surface area contributed by atoms with E-state index in [9.17, 15) is 19.5 Å². The second kappa shape index (κ2) is 8.00. The summed E-state index contributed by atoms with van der Waals surface area (Å²) in [6.07, 6.45) is 2.80. The number of aliphatic carboxylic acids is 1. The van der Waals surface area contributed by atoms with Crippen molar-refractivity contribution in [2.75, 3.05) is 6.54 Å². The van der Waals surface area contributed by atoms with Crippen molar-refractivity contribution in [3.8, 4) is 0 Å². The molecule has 0 aromatic rings. The third kappa shape index (κ3) is 5.02. The van der Waals surface area contributed by atoms with E-state index in [0.717, 1.165) is 6.42 Å². The number of hydrogen-bond acceptors (Lipinski definition) is 3. The normalized spacial score (nSPS) is 19.6. The van der Waals surface area contributed by atoms with Crippen LogP contribution in [-0.4, -0.2) is 46.4 Å². The van der Waals surface area contributed by atoms with E-state index in [-0.39, 0.29) is 17.7 Å². The Morgan fingerprint density at radius 3 is 2.52 bits per heavy atom. The number of carbonyl (C=O) groups is 3. The Labute approximate surface area is 125 Å². The van der Waals surface area contributed by atoms with Gasteiger partial charge >= 0.3 is 5.97 Å². The van der Waals surface area contributed by atoms with Gasteiger partial charge in [0.25, 0.3) is 0 Å². The molecule has 2 amide bonds. The van der Waals surface area contributed by atoms with E-state index < -0.39 is 18.1 Å². The number of nitrogens with zero attached hydrogens (tertiary/aromatic N) is 1. The zero-order valence-electron chi connectivity index (χ0n) is 13.1. The van der Waals surface area contributed by atoms with Crippen molar-refractivity contribution in [3.63, 3.8) is 0 Å². The largest absolute Gasteiger partial charge is 0.480 e. The standard InChI is InChI=1S/C15H26N2O4/c1-4-6-13(18)16-11(9-10(2)3)14(19)17-8-5-7-12(17)15(20)21/h10-12H,4-9H2,1-3H3,(H,16,18)(H,20,21)/t11-,12-/m0/s1. The fourth-order valence-corrected chi connectivity index (χ4v) is 2.67. The SMILES string of the molecule is CCCC(=O)N[C@@H](CC(C)C)C(=O)N1CCC[C@H]1C(=O)O. The second-order valence-electron chi connectivity index (χ2n) is 6.03. The lowest BCUT2D eigenvalue weighted by atomic mass is 10.0. The van der Waals surface area contributed by atoms with Crippen molar-refractivity contribution in [2.45, 2.75) is 65.0 Å². The van der Waals surface area contributed by atoms with Gasteiger partial charge in [0.05, 0.1) is 0 Å². The van der Waals surface area contributed by atoms with E-state index in [4.69, 9.17) is 0 Å². The van der Waals surface area contributed by atoms with Crippen molar-refractivity contribution in [2.24, 2.45) is 5.92 Å². The highest BCUT2D eigenvalue weighted by Gasteiger charge is 2.37. The maximum atomic E-state index is 12.6. The average Bonchev–Trinajstić information content (AvgIpc) is 2.86. The third-order valence-electron chi connectivity index (χ3n) is 3.64. The second-order valence-corrected chi connectivity index (χ2v) is 6.03. The molecule has 120 valence electrons. The Morgan fingerprint density at radius 1 is 1.33 bits per heavy atom. The van der Waals surface area contributed by atoms with Crippen LogP contribution in [0.1, 0.15) is 52.9 Å². The molecule has 0 radical (unpaired) electrons. The van der Waals surface area contributed by atoms with Gasteiger partial charge in [-0.05, 0) is 31.6 Å². The molecule has 6 nitrogen and oxygen atoms in total. The molecule has 0 bridgehead atoms. The molecule has 21 heavy (non-hydrogen) atoms. The summed E-state index contributed by atoms with van der Waals surface area (Å²) in [4.78, 5) is 37.0. The Bertz CT molecular complexity index is 395. The van der Waals surface area contributed by atoms with Crippen LogP contribution in [0, 0.1) is 5.92 Å². The van der Waals surface area contributed by atoms with Crippen LogP contribution < -0.4 is 5.32 Å². The molecule has 1 heterocycles. The molecule has 1 rings (SSSR count). The lowest BCUT2D eigenvalue weighted by Gasteiger charge is -2.28. The van der Waals surface area contributed by atoms with E-state index in [1.807, 2.05) is 20.8 Å². The minimum absolute atomic E-state index is 0.150. The molecule has 0 aromatic carbocycles. The molecule has 1 aliphatic rings. The Morgan fingerprint density at radius 2 is 2.00 bits per heavy atom. The van der Waals surface area contributed by atoms with E-state index in [2.05, 4.69) is 5.32 Å². The highest BCUT2D eigenvalue weighted by molar-refractivity contribution is 5.90. The van der Waals surface area contributed by atoms with Gasteiger partial charge in [-0.1, -0.05) is 20.8 Å². The van der Waals surface area contributed by atoms with Crippen LogP contribution in [-0.2, 0) is 14.4 Å².